The highest BCUT2D eigenvalue weighted by molar-refractivity contribution is 5.68. The summed E-state index contributed by atoms with van der Waals surface area (Å²) in [5.41, 5.74) is -1.56. The highest BCUT2D eigenvalue weighted by Crippen LogP contribution is 2.31. The van der Waals surface area contributed by atoms with Gasteiger partial charge in [-0.1, -0.05) is 0 Å². The number of rotatable bonds is 3. The first-order chi connectivity index (χ1) is 12.4. The van der Waals surface area contributed by atoms with Crippen molar-refractivity contribution in [3.8, 4) is 11.1 Å². The third-order valence-electron chi connectivity index (χ3n) is 3.40. The summed E-state index contributed by atoms with van der Waals surface area (Å²) < 4.78 is 57.8. The minimum Gasteiger partial charge on any atom is -0.444 e. The van der Waals surface area contributed by atoms with Gasteiger partial charge in [0.25, 0.3) is 0 Å². The molecule has 0 aliphatic carbocycles. The standard InChI is InChI=1S/C18H19F4N3O2/c1-10(25-16(26)27-17(2,3)4)15-13(19)7-12(9-24-15)11-5-6-23-14(8-11)18(20,21)22/h5-10H,1-4H3,(H,25,26)/t10-/m0/s1. The molecular weight excluding hydrogens is 366 g/mol. The number of carbonyl (C=O) groups excluding carboxylic acids is 1. The Kier molecular flexibility index (Phi) is 5.72. The van der Waals surface area contributed by atoms with E-state index in [0.29, 0.717) is 0 Å². The highest BCUT2D eigenvalue weighted by Gasteiger charge is 2.32. The quantitative estimate of drug-likeness (QED) is 0.765. The summed E-state index contributed by atoms with van der Waals surface area (Å²) in [6, 6.07) is 2.41. The maximum atomic E-state index is 14.4. The normalized spacial score (nSPS) is 13.2. The molecule has 1 N–H and O–H groups in total. The zero-order valence-corrected chi connectivity index (χ0v) is 15.2. The first-order valence-electron chi connectivity index (χ1n) is 8.05. The predicted molar refractivity (Wildman–Crippen MR) is 90.2 cm³/mol. The molecule has 0 saturated heterocycles. The van der Waals surface area contributed by atoms with Crippen LogP contribution in [0.4, 0.5) is 22.4 Å². The van der Waals surface area contributed by atoms with Crippen LogP contribution in [-0.2, 0) is 10.9 Å². The first kappa shape index (κ1) is 20.6. The van der Waals surface area contributed by atoms with Crippen molar-refractivity contribution >= 4 is 6.09 Å². The number of amides is 1. The number of nitrogens with zero attached hydrogens (tertiary/aromatic N) is 2. The Morgan fingerprint density at radius 1 is 1.15 bits per heavy atom. The van der Waals surface area contributed by atoms with E-state index in [0.717, 1.165) is 18.3 Å². The number of nitrogens with one attached hydrogen (secondary N) is 1. The van der Waals surface area contributed by atoms with Crippen LogP contribution in [0.25, 0.3) is 11.1 Å². The van der Waals surface area contributed by atoms with Crippen molar-refractivity contribution in [2.24, 2.45) is 0 Å². The number of ether oxygens (including phenoxy) is 1. The molecule has 5 nitrogen and oxygen atoms in total. The molecule has 0 bridgehead atoms. The average molecular weight is 385 g/mol. The fourth-order valence-electron chi connectivity index (χ4n) is 2.24. The maximum absolute atomic E-state index is 14.4. The van der Waals surface area contributed by atoms with Crippen molar-refractivity contribution in [3.63, 3.8) is 0 Å². The molecule has 0 aliphatic rings. The van der Waals surface area contributed by atoms with Gasteiger partial charge in [-0.15, -0.1) is 0 Å². The van der Waals surface area contributed by atoms with E-state index in [1.54, 1.807) is 20.8 Å². The molecule has 0 unspecified atom stereocenters. The third-order valence-corrected chi connectivity index (χ3v) is 3.40. The van der Waals surface area contributed by atoms with E-state index in [1.807, 2.05) is 0 Å². The first-order valence-corrected chi connectivity index (χ1v) is 8.05. The second-order valence-electron chi connectivity index (χ2n) is 6.89. The summed E-state index contributed by atoms with van der Waals surface area (Å²) >= 11 is 0. The van der Waals surface area contributed by atoms with Crippen molar-refractivity contribution in [1.82, 2.24) is 15.3 Å². The summed E-state index contributed by atoms with van der Waals surface area (Å²) in [7, 11) is 0. The molecule has 0 fully saturated rings. The van der Waals surface area contributed by atoms with Gasteiger partial charge in [-0.25, -0.2) is 9.18 Å². The minimum atomic E-state index is -4.60. The maximum Gasteiger partial charge on any atom is 0.433 e. The Bertz CT molecular complexity index is 832. The van der Waals surface area contributed by atoms with Gasteiger partial charge < -0.3 is 10.1 Å². The molecule has 1 atom stereocenters. The second-order valence-corrected chi connectivity index (χ2v) is 6.89. The van der Waals surface area contributed by atoms with Crippen LogP contribution < -0.4 is 5.32 Å². The van der Waals surface area contributed by atoms with Gasteiger partial charge in [0, 0.05) is 18.0 Å². The van der Waals surface area contributed by atoms with Crippen LogP contribution in [0.15, 0.2) is 30.6 Å². The molecule has 0 spiro atoms. The van der Waals surface area contributed by atoms with Crippen molar-refractivity contribution in [2.75, 3.05) is 0 Å². The van der Waals surface area contributed by atoms with Gasteiger partial charge in [-0.2, -0.15) is 13.2 Å². The van der Waals surface area contributed by atoms with Crippen LogP contribution in [-0.4, -0.2) is 21.7 Å². The van der Waals surface area contributed by atoms with Crippen molar-refractivity contribution in [1.29, 1.82) is 0 Å². The lowest BCUT2D eigenvalue weighted by atomic mass is 10.1. The fourth-order valence-corrected chi connectivity index (χ4v) is 2.24. The van der Waals surface area contributed by atoms with E-state index in [9.17, 15) is 22.4 Å². The third kappa shape index (κ3) is 5.63. The molecule has 9 heteroatoms. The molecule has 2 aromatic rings. The minimum absolute atomic E-state index is 0.0605. The average Bonchev–Trinajstić information content (AvgIpc) is 2.52. The summed E-state index contributed by atoms with van der Waals surface area (Å²) in [5, 5.41) is 2.46. The summed E-state index contributed by atoms with van der Waals surface area (Å²) in [6.07, 6.45) is -3.10. The Morgan fingerprint density at radius 3 is 2.37 bits per heavy atom. The van der Waals surface area contributed by atoms with E-state index in [2.05, 4.69) is 15.3 Å². The number of halogens is 4. The van der Waals surface area contributed by atoms with Crippen LogP contribution in [0.1, 0.15) is 45.1 Å². The number of alkyl carbamates (subject to hydrolysis) is 1. The number of hydrogen-bond acceptors (Lipinski definition) is 4. The van der Waals surface area contributed by atoms with Gasteiger partial charge in [0.2, 0.25) is 0 Å². The number of aromatic nitrogens is 2. The van der Waals surface area contributed by atoms with E-state index in [-0.39, 0.29) is 16.8 Å². The molecule has 2 aromatic heterocycles. The number of hydrogen-bond donors (Lipinski definition) is 1. The van der Waals surface area contributed by atoms with E-state index in [1.165, 1.54) is 19.2 Å². The lowest BCUT2D eigenvalue weighted by Crippen LogP contribution is -2.34. The molecule has 2 heterocycles. The van der Waals surface area contributed by atoms with Crippen molar-refractivity contribution in [2.45, 2.75) is 45.5 Å². The van der Waals surface area contributed by atoms with Gasteiger partial charge in [-0.3, -0.25) is 9.97 Å². The van der Waals surface area contributed by atoms with Crippen molar-refractivity contribution < 1.29 is 27.1 Å². The van der Waals surface area contributed by atoms with Crippen LogP contribution in [0.3, 0.4) is 0 Å². The van der Waals surface area contributed by atoms with Gasteiger partial charge in [0.15, 0.2) is 0 Å². The zero-order valence-electron chi connectivity index (χ0n) is 15.2. The Hall–Kier alpha value is -2.71. The Morgan fingerprint density at radius 2 is 1.81 bits per heavy atom. The largest absolute Gasteiger partial charge is 0.444 e. The lowest BCUT2D eigenvalue weighted by Gasteiger charge is -2.22. The number of pyridine rings is 2. The molecule has 0 radical (unpaired) electrons. The lowest BCUT2D eigenvalue weighted by molar-refractivity contribution is -0.141. The zero-order chi connectivity index (χ0) is 20.4. The van der Waals surface area contributed by atoms with Crippen LogP contribution in [0.5, 0.6) is 0 Å². The van der Waals surface area contributed by atoms with Gasteiger partial charge in [0.1, 0.15) is 17.1 Å². The summed E-state index contributed by atoms with van der Waals surface area (Å²) in [4.78, 5) is 19.0. The van der Waals surface area contributed by atoms with Gasteiger partial charge in [-0.05, 0) is 51.5 Å². The molecule has 0 aromatic carbocycles. The van der Waals surface area contributed by atoms with Crippen LogP contribution >= 0.6 is 0 Å². The monoisotopic (exact) mass is 385 g/mol. The van der Waals surface area contributed by atoms with Gasteiger partial charge in [0.05, 0.1) is 11.7 Å². The molecule has 0 saturated carbocycles. The van der Waals surface area contributed by atoms with Crippen LogP contribution in [0, 0.1) is 5.82 Å². The molecule has 2 rings (SSSR count). The molecule has 146 valence electrons. The Labute approximate surface area is 153 Å². The van der Waals surface area contributed by atoms with Crippen molar-refractivity contribution in [3.05, 3.63) is 47.8 Å². The second kappa shape index (κ2) is 7.50. The SMILES string of the molecule is C[C@H](NC(=O)OC(C)(C)C)c1ncc(-c2ccnc(C(F)(F)F)c2)cc1F. The van der Waals surface area contributed by atoms with Gasteiger partial charge >= 0.3 is 12.3 Å². The van der Waals surface area contributed by atoms with E-state index in [4.69, 9.17) is 4.74 Å². The molecule has 0 aliphatic heterocycles. The molecular formula is C18H19F4N3O2. The number of alkyl halides is 3. The summed E-state index contributed by atoms with van der Waals surface area (Å²) in [5.74, 6) is -0.763. The topological polar surface area (TPSA) is 64.1 Å². The fraction of sp³-hybridized carbons (Fsp3) is 0.389. The molecule has 27 heavy (non-hydrogen) atoms. The highest BCUT2D eigenvalue weighted by atomic mass is 19.4. The number of carbonyl (C=O) groups is 1. The van der Waals surface area contributed by atoms with E-state index >= 15 is 0 Å². The van der Waals surface area contributed by atoms with E-state index < -0.39 is 35.4 Å². The Balaban J connectivity index is 2.22. The summed E-state index contributed by atoms with van der Waals surface area (Å²) in [6.45, 7) is 6.58. The van der Waals surface area contributed by atoms with Crippen LogP contribution in [0.2, 0.25) is 0 Å². The smallest absolute Gasteiger partial charge is 0.433 e. The predicted octanol–water partition coefficient (Wildman–Crippen LogP) is 4.89. The molecule has 1 amide bonds.